The van der Waals surface area contributed by atoms with E-state index in [4.69, 9.17) is 11.6 Å². The quantitative estimate of drug-likeness (QED) is 0.678. The number of halogens is 1. The van der Waals surface area contributed by atoms with Gasteiger partial charge in [-0.25, -0.2) is 0 Å². The molecule has 1 fully saturated rings. The molecule has 0 bridgehead atoms. The third-order valence-electron chi connectivity index (χ3n) is 5.13. The van der Waals surface area contributed by atoms with E-state index in [1.807, 2.05) is 18.2 Å². The Morgan fingerprint density at radius 2 is 1.29 bits per heavy atom. The van der Waals surface area contributed by atoms with Crippen LogP contribution in [0.15, 0.2) is 54.6 Å². The van der Waals surface area contributed by atoms with E-state index in [0.29, 0.717) is 5.78 Å². The second-order valence-electron chi connectivity index (χ2n) is 6.95. The summed E-state index contributed by atoms with van der Waals surface area (Å²) in [6.45, 7) is 0. The third kappa shape index (κ3) is 4.70. The smallest absolute Gasteiger partial charge is 0.139 e. The van der Waals surface area contributed by atoms with E-state index in [2.05, 4.69) is 36.4 Å². The van der Waals surface area contributed by atoms with E-state index in [9.17, 15) is 4.79 Å². The van der Waals surface area contributed by atoms with Crippen molar-refractivity contribution in [1.29, 1.82) is 0 Å². The minimum absolute atomic E-state index is 0.153. The minimum Gasteiger partial charge on any atom is -0.299 e. The summed E-state index contributed by atoms with van der Waals surface area (Å²) in [5, 5.41) is 0.754. The summed E-state index contributed by atoms with van der Waals surface area (Å²) < 4.78 is 0. The van der Waals surface area contributed by atoms with Crippen LogP contribution in [0.25, 0.3) is 0 Å². The first-order chi connectivity index (χ1) is 11.7. The zero-order chi connectivity index (χ0) is 16.8. The Hall–Kier alpha value is -1.60. The van der Waals surface area contributed by atoms with Gasteiger partial charge in [-0.15, -0.1) is 0 Å². The molecule has 2 heteroatoms. The van der Waals surface area contributed by atoms with E-state index in [1.54, 1.807) is 0 Å². The lowest BCUT2D eigenvalue weighted by Crippen LogP contribution is -2.28. The molecule has 1 saturated carbocycles. The van der Waals surface area contributed by atoms with Crippen molar-refractivity contribution in [2.45, 2.75) is 44.9 Å². The topological polar surface area (TPSA) is 17.1 Å². The molecule has 0 spiro atoms. The van der Waals surface area contributed by atoms with Gasteiger partial charge < -0.3 is 0 Å². The maximum atomic E-state index is 13.1. The highest BCUT2D eigenvalue weighted by molar-refractivity contribution is 6.30. The number of carbonyl (C=O) groups is 1. The largest absolute Gasteiger partial charge is 0.299 e. The van der Waals surface area contributed by atoms with Gasteiger partial charge in [0.25, 0.3) is 0 Å². The number of Topliss-reactive ketones (excluding diaryl/α,β-unsaturated/α-hetero) is 1. The number of hydrogen-bond acceptors (Lipinski definition) is 1. The lowest BCUT2D eigenvalue weighted by Gasteiger charge is -2.25. The first-order valence-electron chi connectivity index (χ1n) is 9.04. The van der Waals surface area contributed by atoms with Crippen LogP contribution in [0.1, 0.15) is 43.2 Å². The van der Waals surface area contributed by atoms with Gasteiger partial charge in [-0.2, -0.15) is 0 Å². The molecule has 2 atom stereocenters. The molecule has 0 amide bonds. The predicted molar refractivity (Wildman–Crippen MR) is 100 cm³/mol. The molecule has 0 aromatic heterocycles. The zero-order valence-electron chi connectivity index (χ0n) is 14.1. The number of carbonyl (C=O) groups excluding carboxylic acids is 1. The number of hydrogen-bond donors (Lipinski definition) is 0. The number of ketones is 1. The molecule has 0 N–H and O–H groups in total. The van der Waals surface area contributed by atoms with Crippen molar-refractivity contribution in [3.8, 4) is 0 Å². The normalized spacial score (nSPS) is 22.0. The summed E-state index contributed by atoms with van der Waals surface area (Å²) in [7, 11) is 0. The molecule has 1 aliphatic rings. The van der Waals surface area contributed by atoms with Gasteiger partial charge in [0.15, 0.2) is 0 Å². The average Bonchev–Trinajstić information content (AvgIpc) is 2.60. The van der Waals surface area contributed by atoms with Crippen molar-refractivity contribution in [2.75, 3.05) is 0 Å². The molecule has 2 aromatic rings. The van der Waals surface area contributed by atoms with Crippen LogP contribution in [0, 0.1) is 11.8 Å². The van der Waals surface area contributed by atoms with Crippen molar-refractivity contribution in [3.05, 3.63) is 70.7 Å². The van der Waals surface area contributed by atoms with Crippen LogP contribution < -0.4 is 0 Å². The molecular formula is C22H25ClO. The Bertz CT molecular complexity index is 647. The molecule has 1 nitrogen and oxygen atoms in total. The van der Waals surface area contributed by atoms with Crippen LogP contribution in [-0.2, 0) is 17.6 Å². The molecule has 0 radical (unpaired) electrons. The predicted octanol–water partition coefficient (Wildman–Crippen LogP) is 5.89. The maximum Gasteiger partial charge on any atom is 0.139 e. The van der Waals surface area contributed by atoms with E-state index in [-0.39, 0.29) is 11.8 Å². The molecule has 0 saturated heterocycles. The average molecular weight is 341 g/mol. The van der Waals surface area contributed by atoms with E-state index in [1.165, 1.54) is 30.4 Å². The first kappa shape index (κ1) is 17.2. The molecule has 0 heterocycles. The summed E-state index contributed by atoms with van der Waals surface area (Å²) in [6, 6.07) is 18.4. The summed E-state index contributed by atoms with van der Waals surface area (Å²) in [5.41, 5.74) is 2.50. The van der Waals surface area contributed by atoms with Crippen LogP contribution in [0.4, 0.5) is 0 Å². The van der Waals surface area contributed by atoms with Crippen molar-refractivity contribution < 1.29 is 4.79 Å². The number of benzene rings is 2. The molecule has 24 heavy (non-hydrogen) atoms. The van der Waals surface area contributed by atoms with E-state index >= 15 is 0 Å². The van der Waals surface area contributed by atoms with Gasteiger partial charge in [-0.3, -0.25) is 4.79 Å². The van der Waals surface area contributed by atoms with Crippen molar-refractivity contribution >= 4 is 17.4 Å². The maximum absolute atomic E-state index is 13.1. The van der Waals surface area contributed by atoms with Gasteiger partial charge in [0.1, 0.15) is 5.78 Å². The van der Waals surface area contributed by atoms with Crippen molar-refractivity contribution in [2.24, 2.45) is 11.8 Å². The van der Waals surface area contributed by atoms with Gasteiger partial charge in [-0.05, 0) is 48.9 Å². The fourth-order valence-corrected chi connectivity index (χ4v) is 3.91. The van der Waals surface area contributed by atoms with Crippen molar-refractivity contribution in [3.63, 3.8) is 0 Å². The lowest BCUT2D eigenvalue weighted by molar-refractivity contribution is -0.127. The van der Waals surface area contributed by atoms with Crippen molar-refractivity contribution in [1.82, 2.24) is 0 Å². The van der Waals surface area contributed by atoms with Crippen LogP contribution in [-0.4, -0.2) is 5.78 Å². The third-order valence-corrected chi connectivity index (χ3v) is 5.38. The Labute approximate surface area is 150 Å². The fraction of sp³-hybridized carbons (Fsp3) is 0.409. The summed E-state index contributed by atoms with van der Waals surface area (Å²) >= 11 is 5.98. The highest BCUT2D eigenvalue weighted by atomic mass is 35.5. The minimum atomic E-state index is 0.153. The van der Waals surface area contributed by atoms with Crippen LogP contribution in [0.3, 0.4) is 0 Å². The van der Waals surface area contributed by atoms with Gasteiger partial charge >= 0.3 is 0 Å². The van der Waals surface area contributed by atoms with Gasteiger partial charge in [0, 0.05) is 16.9 Å². The molecule has 2 aromatic carbocycles. The Balaban J connectivity index is 1.72. The van der Waals surface area contributed by atoms with Gasteiger partial charge in [-0.1, -0.05) is 73.3 Å². The van der Waals surface area contributed by atoms with E-state index < -0.39 is 0 Å². The Morgan fingerprint density at radius 3 is 1.88 bits per heavy atom. The highest BCUT2D eigenvalue weighted by Gasteiger charge is 2.28. The second-order valence-corrected chi connectivity index (χ2v) is 7.39. The number of rotatable bonds is 4. The molecule has 1 aliphatic carbocycles. The van der Waals surface area contributed by atoms with Gasteiger partial charge in [0.05, 0.1) is 0 Å². The first-order valence-corrected chi connectivity index (χ1v) is 9.42. The molecule has 126 valence electrons. The molecular weight excluding hydrogens is 316 g/mol. The summed E-state index contributed by atoms with van der Waals surface area (Å²) in [5.74, 6) is 0.790. The Kier molecular flexibility index (Phi) is 6.09. The van der Waals surface area contributed by atoms with Crippen LogP contribution in [0.2, 0.25) is 5.02 Å². The van der Waals surface area contributed by atoms with E-state index in [0.717, 1.165) is 30.7 Å². The van der Waals surface area contributed by atoms with Gasteiger partial charge in [0.2, 0.25) is 0 Å². The fourth-order valence-electron chi connectivity index (χ4n) is 3.79. The summed E-state index contributed by atoms with van der Waals surface area (Å²) in [6.07, 6.45) is 7.38. The van der Waals surface area contributed by atoms with Crippen LogP contribution in [0.5, 0.6) is 0 Å². The molecule has 0 aliphatic heterocycles. The summed E-state index contributed by atoms with van der Waals surface area (Å²) in [4.78, 5) is 13.1. The molecule has 3 rings (SSSR count). The SMILES string of the molecule is O=C1C(Cc2ccccc2)CCCCCC1Cc1ccc(Cl)cc1. The Morgan fingerprint density at radius 1 is 0.750 bits per heavy atom. The van der Waals surface area contributed by atoms with Crippen LogP contribution >= 0.6 is 11.6 Å². The molecule has 2 unspecified atom stereocenters. The standard InChI is InChI=1S/C22H25ClO/c23-21-13-11-18(12-14-21)16-20-10-6-2-5-9-19(22(20)24)15-17-7-3-1-4-8-17/h1,3-4,7-8,11-14,19-20H,2,5-6,9-10,15-16H2. The monoisotopic (exact) mass is 340 g/mol. The zero-order valence-corrected chi connectivity index (χ0v) is 14.8. The second kappa shape index (κ2) is 8.48. The highest BCUT2D eigenvalue weighted by Crippen LogP contribution is 2.29. The lowest BCUT2D eigenvalue weighted by atomic mass is 9.78.